The fraction of sp³-hybridized carbons (Fsp3) is 0.769. The summed E-state index contributed by atoms with van der Waals surface area (Å²) in [7, 11) is 0. The van der Waals surface area contributed by atoms with E-state index in [0.29, 0.717) is 10.9 Å². The number of aliphatic hydroxyl groups excluding tert-OH is 1. The van der Waals surface area contributed by atoms with Gasteiger partial charge in [0.2, 0.25) is 11.1 Å². The molecule has 3 atom stereocenters. The Hall–Kier alpha value is -1.08. The summed E-state index contributed by atoms with van der Waals surface area (Å²) in [4.78, 5) is 18.7. The smallest absolute Gasteiger partial charge is 0.233 e. The van der Waals surface area contributed by atoms with Crippen molar-refractivity contribution < 1.29 is 9.90 Å². The molecule has 2 N–H and O–H groups in total. The maximum atomic E-state index is 12.4. The van der Waals surface area contributed by atoms with Crippen molar-refractivity contribution in [3.05, 3.63) is 5.82 Å². The molecule has 110 valence electrons. The zero-order chi connectivity index (χ0) is 14.1. The largest absolute Gasteiger partial charge is 0.393 e. The number of nitrogens with one attached hydrogen (secondary N) is 1. The molecule has 1 amide bonds. The quantitative estimate of drug-likeness (QED) is 0.809. The summed E-state index contributed by atoms with van der Waals surface area (Å²) < 4.78 is 0. The van der Waals surface area contributed by atoms with Gasteiger partial charge in [0, 0.05) is 18.5 Å². The second kappa shape index (κ2) is 5.73. The van der Waals surface area contributed by atoms with E-state index in [1.54, 1.807) is 0 Å². The molecule has 1 unspecified atom stereocenters. The summed E-state index contributed by atoms with van der Waals surface area (Å²) in [5, 5.41) is 17.3. The lowest BCUT2D eigenvalue weighted by molar-refractivity contribution is -0.134. The summed E-state index contributed by atoms with van der Waals surface area (Å²) in [5.41, 5.74) is 0. The Morgan fingerprint density at radius 1 is 1.45 bits per heavy atom. The number of aryl methyl sites for hydroxylation is 1. The number of rotatable bonds is 4. The lowest BCUT2D eigenvalue weighted by Gasteiger charge is -2.37. The third-order valence-corrected chi connectivity index (χ3v) is 5.00. The minimum Gasteiger partial charge on any atom is -0.393 e. The van der Waals surface area contributed by atoms with Crippen LogP contribution in [0.15, 0.2) is 5.16 Å². The number of amides is 1. The first-order chi connectivity index (χ1) is 9.67. The number of piperidine rings is 1. The Balaban J connectivity index is 1.57. The highest BCUT2D eigenvalue weighted by atomic mass is 32.2. The normalized spacial score (nSPS) is 28.9. The molecule has 2 saturated heterocycles. The molecule has 0 aromatic carbocycles. The monoisotopic (exact) mass is 296 g/mol. The van der Waals surface area contributed by atoms with E-state index in [-0.39, 0.29) is 24.1 Å². The van der Waals surface area contributed by atoms with Gasteiger partial charge in [-0.15, -0.1) is 5.10 Å². The molecule has 0 aliphatic carbocycles. The Morgan fingerprint density at radius 2 is 2.15 bits per heavy atom. The van der Waals surface area contributed by atoms with Crippen molar-refractivity contribution >= 4 is 17.7 Å². The number of carbonyl (C=O) groups is 1. The molecule has 2 fully saturated rings. The number of aromatic amines is 1. The van der Waals surface area contributed by atoms with Crippen molar-refractivity contribution in [3.8, 4) is 0 Å². The van der Waals surface area contributed by atoms with Crippen LogP contribution in [0.25, 0.3) is 0 Å². The zero-order valence-electron chi connectivity index (χ0n) is 11.6. The highest BCUT2D eigenvalue weighted by Gasteiger charge is 2.42. The topological polar surface area (TPSA) is 82.1 Å². The third-order valence-electron chi connectivity index (χ3n) is 4.17. The zero-order valence-corrected chi connectivity index (χ0v) is 12.4. The molecule has 3 rings (SSSR count). The Labute approximate surface area is 122 Å². The molecule has 20 heavy (non-hydrogen) atoms. The van der Waals surface area contributed by atoms with Crippen LogP contribution in [0.1, 0.15) is 38.4 Å². The van der Waals surface area contributed by atoms with Crippen molar-refractivity contribution in [2.45, 2.75) is 62.4 Å². The first-order valence-electron chi connectivity index (χ1n) is 7.20. The number of fused-ring (bicyclic) bond motifs is 2. The molecule has 2 bridgehead atoms. The van der Waals surface area contributed by atoms with Crippen molar-refractivity contribution in [1.29, 1.82) is 0 Å². The highest BCUT2D eigenvalue weighted by Crippen LogP contribution is 2.36. The van der Waals surface area contributed by atoms with Crippen LogP contribution in [-0.4, -0.2) is 55.0 Å². The molecule has 0 spiro atoms. The fourth-order valence-electron chi connectivity index (χ4n) is 3.26. The minimum atomic E-state index is -0.232. The molecule has 1 aromatic heterocycles. The molecule has 3 heterocycles. The van der Waals surface area contributed by atoms with Gasteiger partial charge in [-0.1, -0.05) is 18.7 Å². The first kappa shape index (κ1) is 13.9. The van der Waals surface area contributed by atoms with Crippen LogP contribution in [-0.2, 0) is 11.2 Å². The van der Waals surface area contributed by atoms with Crippen molar-refractivity contribution in [3.63, 3.8) is 0 Å². The number of aromatic nitrogens is 3. The molecular formula is C13H20N4O2S. The Morgan fingerprint density at radius 3 is 2.75 bits per heavy atom. The van der Waals surface area contributed by atoms with Gasteiger partial charge < -0.3 is 10.0 Å². The maximum absolute atomic E-state index is 12.4. The maximum Gasteiger partial charge on any atom is 0.233 e. The van der Waals surface area contributed by atoms with Crippen molar-refractivity contribution in [2.75, 3.05) is 5.75 Å². The standard InChI is InChI=1S/C13H20N4O2S/c1-2-11-14-13(16-15-11)20-7-12(19)17-8-3-4-9(17)6-10(18)5-8/h8-10,18H,2-7H2,1H3,(H,14,15,16)/t8-,9+,10?. The van der Waals surface area contributed by atoms with Gasteiger partial charge in [-0.25, -0.2) is 4.98 Å². The van der Waals surface area contributed by atoms with E-state index in [9.17, 15) is 9.90 Å². The van der Waals surface area contributed by atoms with Gasteiger partial charge in [0.15, 0.2) is 0 Å². The van der Waals surface area contributed by atoms with Crippen LogP contribution < -0.4 is 0 Å². The summed E-state index contributed by atoms with van der Waals surface area (Å²) in [6, 6.07) is 0.463. The number of thioether (sulfide) groups is 1. The van der Waals surface area contributed by atoms with E-state index in [1.165, 1.54) is 11.8 Å². The van der Waals surface area contributed by atoms with Crippen molar-refractivity contribution in [2.24, 2.45) is 0 Å². The summed E-state index contributed by atoms with van der Waals surface area (Å²) >= 11 is 1.38. The Bertz CT molecular complexity index is 478. The molecule has 1 aromatic rings. The number of nitrogens with zero attached hydrogens (tertiary/aromatic N) is 3. The second-order valence-electron chi connectivity index (χ2n) is 5.52. The number of aliphatic hydroxyl groups is 1. The van der Waals surface area contributed by atoms with Crippen LogP contribution in [0.4, 0.5) is 0 Å². The van der Waals surface area contributed by atoms with Gasteiger partial charge in [-0.2, -0.15) is 0 Å². The third kappa shape index (κ3) is 2.69. The highest BCUT2D eigenvalue weighted by molar-refractivity contribution is 7.99. The number of hydrogen-bond acceptors (Lipinski definition) is 5. The molecule has 6 nitrogen and oxygen atoms in total. The van der Waals surface area contributed by atoms with Crippen LogP contribution in [0, 0.1) is 0 Å². The minimum absolute atomic E-state index is 0.150. The van der Waals surface area contributed by atoms with E-state index in [2.05, 4.69) is 15.2 Å². The average molecular weight is 296 g/mol. The van der Waals surface area contributed by atoms with E-state index in [1.807, 2.05) is 11.8 Å². The predicted molar refractivity (Wildman–Crippen MR) is 75.4 cm³/mol. The lowest BCUT2D eigenvalue weighted by atomic mass is 10.00. The molecule has 0 radical (unpaired) electrons. The summed E-state index contributed by atoms with van der Waals surface area (Å²) in [5.74, 6) is 1.38. The summed E-state index contributed by atoms with van der Waals surface area (Å²) in [6.07, 6.45) is 4.10. The SMILES string of the molecule is CCc1nc(SCC(=O)N2[C@@H]3CC[C@H]2CC(O)C3)n[nH]1. The molecule has 2 aliphatic heterocycles. The van der Waals surface area contributed by atoms with Gasteiger partial charge in [-0.3, -0.25) is 9.89 Å². The molecule has 2 aliphatic rings. The summed E-state index contributed by atoms with van der Waals surface area (Å²) in [6.45, 7) is 2.01. The number of carbonyl (C=O) groups excluding carboxylic acids is 1. The van der Waals surface area contributed by atoms with Crippen LogP contribution in [0.3, 0.4) is 0 Å². The van der Waals surface area contributed by atoms with E-state index in [0.717, 1.165) is 37.9 Å². The van der Waals surface area contributed by atoms with E-state index < -0.39 is 0 Å². The van der Waals surface area contributed by atoms with Crippen LogP contribution in [0.2, 0.25) is 0 Å². The molecular weight excluding hydrogens is 276 g/mol. The van der Waals surface area contributed by atoms with E-state index in [4.69, 9.17) is 0 Å². The van der Waals surface area contributed by atoms with Gasteiger partial charge in [0.1, 0.15) is 5.82 Å². The second-order valence-corrected chi connectivity index (χ2v) is 6.46. The van der Waals surface area contributed by atoms with Gasteiger partial charge >= 0.3 is 0 Å². The van der Waals surface area contributed by atoms with Crippen molar-refractivity contribution in [1.82, 2.24) is 20.1 Å². The van der Waals surface area contributed by atoms with E-state index >= 15 is 0 Å². The fourth-order valence-corrected chi connectivity index (χ4v) is 3.94. The van der Waals surface area contributed by atoms with Crippen LogP contribution in [0.5, 0.6) is 0 Å². The Kier molecular flexibility index (Phi) is 3.98. The average Bonchev–Trinajstić information content (AvgIpc) is 2.99. The molecule has 7 heteroatoms. The first-order valence-corrected chi connectivity index (χ1v) is 8.19. The van der Waals surface area contributed by atoms with Gasteiger partial charge in [0.05, 0.1) is 11.9 Å². The predicted octanol–water partition coefficient (Wildman–Crippen LogP) is 0.973. The number of hydrogen-bond donors (Lipinski definition) is 2. The molecule has 0 saturated carbocycles. The van der Waals surface area contributed by atoms with Gasteiger partial charge in [-0.05, 0) is 25.7 Å². The van der Waals surface area contributed by atoms with Crippen LogP contribution >= 0.6 is 11.8 Å². The number of H-pyrrole nitrogens is 1. The van der Waals surface area contributed by atoms with Gasteiger partial charge in [0.25, 0.3) is 0 Å². The lowest BCUT2D eigenvalue weighted by Crippen LogP contribution is -2.48.